The van der Waals surface area contributed by atoms with Crippen LogP contribution in [0.1, 0.15) is 49.1 Å². The van der Waals surface area contributed by atoms with Gasteiger partial charge in [0.15, 0.2) is 11.0 Å². The molecule has 33 heavy (non-hydrogen) atoms. The van der Waals surface area contributed by atoms with Crippen LogP contribution in [0.2, 0.25) is 0 Å². The molecular formula is C24H27N5O3S. The SMILES string of the molecule is Cc1cccc(CSc2nnc(CNC(=O)C3CCCCC3)n2-c2ccc([N+](=O)[O-])cc2)c1. The molecule has 1 fully saturated rings. The third-order valence-electron chi connectivity index (χ3n) is 5.87. The number of aryl methyl sites for hydroxylation is 1. The van der Waals surface area contributed by atoms with Gasteiger partial charge in [0, 0.05) is 29.5 Å². The minimum absolute atomic E-state index is 0.0212. The Bertz CT molecular complexity index is 1120. The highest BCUT2D eigenvalue weighted by Gasteiger charge is 2.22. The van der Waals surface area contributed by atoms with Crippen molar-refractivity contribution < 1.29 is 9.72 Å². The van der Waals surface area contributed by atoms with Gasteiger partial charge in [0.25, 0.3) is 5.69 Å². The summed E-state index contributed by atoms with van der Waals surface area (Å²) in [4.78, 5) is 23.3. The lowest BCUT2D eigenvalue weighted by Crippen LogP contribution is -2.32. The molecule has 0 radical (unpaired) electrons. The quantitative estimate of drug-likeness (QED) is 0.286. The van der Waals surface area contributed by atoms with E-state index in [2.05, 4.69) is 40.6 Å². The van der Waals surface area contributed by atoms with Gasteiger partial charge in [-0.15, -0.1) is 10.2 Å². The summed E-state index contributed by atoms with van der Waals surface area (Å²) in [6.45, 7) is 2.31. The van der Waals surface area contributed by atoms with Crippen molar-refractivity contribution in [3.63, 3.8) is 0 Å². The second kappa shape index (κ2) is 10.6. The first-order chi connectivity index (χ1) is 16.0. The molecule has 1 amide bonds. The number of carbonyl (C=O) groups excluding carboxylic acids is 1. The van der Waals surface area contributed by atoms with E-state index in [1.165, 1.54) is 29.7 Å². The lowest BCUT2D eigenvalue weighted by Gasteiger charge is -2.20. The van der Waals surface area contributed by atoms with E-state index in [9.17, 15) is 14.9 Å². The topological polar surface area (TPSA) is 103 Å². The average Bonchev–Trinajstić information content (AvgIpc) is 3.24. The number of nitrogens with one attached hydrogen (secondary N) is 1. The fraction of sp³-hybridized carbons (Fsp3) is 0.375. The van der Waals surface area contributed by atoms with Crippen LogP contribution in [0.3, 0.4) is 0 Å². The van der Waals surface area contributed by atoms with E-state index in [0.717, 1.165) is 31.4 Å². The van der Waals surface area contributed by atoms with Crippen molar-refractivity contribution in [3.05, 3.63) is 75.6 Å². The number of aromatic nitrogens is 3. The molecule has 1 aliphatic carbocycles. The van der Waals surface area contributed by atoms with E-state index in [1.807, 2.05) is 10.6 Å². The van der Waals surface area contributed by atoms with Crippen LogP contribution in [0.25, 0.3) is 5.69 Å². The summed E-state index contributed by atoms with van der Waals surface area (Å²) in [5, 5.41) is 23.5. The van der Waals surface area contributed by atoms with Gasteiger partial charge >= 0.3 is 0 Å². The summed E-state index contributed by atoms with van der Waals surface area (Å²) in [7, 11) is 0. The monoisotopic (exact) mass is 465 g/mol. The predicted molar refractivity (Wildman–Crippen MR) is 127 cm³/mol. The zero-order valence-electron chi connectivity index (χ0n) is 18.6. The number of rotatable bonds is 8. The van der Waals surface area contributed by atoms with Crippen LogP contribution in [-0.2, 0) is 17.1 Å². The number of nitro benzene ring substituents is 1. The molecule has 4 rings (SSSR count). The van der Waals surface area contributed by atoms with Gasteiger partial charge in [-0.1, -0.05) is 60.9 Å². The number of non-ortho nitro benzene ring substituents is 1. The highest BCUT2D eigenvalue weighted by atomic mass is 32.2. The maximum absolute atomic E-state index is 12.6. The largest absolute Gasteiger partial charge is 0.349 e. The fourth-order valence-electron chi connectivity index (χ4n) is 4.12. The van der Waals surface area contributed by atoms with Crippen LogP contribution in [0.15, 0.2) is 53.7 Å². The molecule has 1 heterocycles. The Kier molecular flexibility index (Phi) is 7.39. The van der Waals surface area contributed by atoms with Gasteiger partial charge in [-0.05, 0) is 37.5 Å². The van der Waals surface area contributed by atoms with Crippen LogP contribution >= 0.6 is 11.8 Å². The molecule has 1 N–H and O–H groups in total. The molecule has 0 spiro atoms. The zero-order valence-corrected chi connectivity index (χ0v) is 19.4. The van der Waals surface area contributed by atoms with Gasteiger partial charge in [-0.2, -0.15) is 0 Å². The minimum atomic E-state index is -0.422. The smallest absolute Gasteiger partial charge is 0.269 e. The van der Waals surface area contributed by atoms with E-state index in [4.69, 9.17) is 0 Å². The van der Waals surface area contributed by atoms with Crippen LogP contribution in [0.4, 0.5) is 5.69 Å². The van der Waals surface area contributed by atoms with Crippen LogP contribution in [0.5, 0.6) is 0 Å². The number of hydrogen-bond acceptors (Lipinski definition) is 6. The van der Waals surface area contributed by atoms with E-state index < -0.39 is 4.92 Å². The Hall–Kier alpha value is -3.20. The van der Waals surface area contributed by atoms with E-state index in [0.29, 0.717) is 16.7 Å². The lowest BCUT2D eigenvalue weighted by molar-refractivity contribution is -0.384. The highest BCUT2D eigenvalue weighted by Crippen LogP contribution is 2.27. The summed E-state index contributed by atoms with van der Waals surface area (Å²) in [6.07, 6.45) is 5.24. The third-order valence-corrected chi connectivity index (χ3v) is 6.87. The fourth-order valence-corrected chi connectivity index (χ4v) is 5.03. The number of nitrogens with zero attached hydrogens (tertiary/aromatic N) is 4. The molecule has 1 aromatic heterocycles. The highest BCUT2D eigenvalue weighted by molar-refractivity contribution is 7.98. The summed E-state index contributed by atoms with van der Waals surface area (Å²) >= 11 is 1.54. The molecule has 8 nitrogen and oxygen atoms in total. The van der Waals surface area contributed by atoms with Crippen LogP contribution in [0, 0.1) is 23.0 Å². The van der Waals surface area contributed by atoms with Crippen LogP contribution in [-0.4, -0.2) is 25.6 Å². The molecule has 1 saturated carbocycles. The molecule has 172 valence electrons. The van der Waals surface area contributed by atoms with E-state index in [-0.39, 0.29) is 24.1 Å². The first kappa shape index (κ1) is 23.0. The average molecular weight is 466 g/mol. The summed E-state index contributed by atoms with van der Waals surface area (Å²) in [5.41, 5.74) is 3.11. The van der Waals surface area contributed by atoms with Gasteiger partial charge in [0.1, 0.15) is 0 Å². The molecule has 2 aromatic carbocycles. The Morgan fingerprint density at radius 2 is 1.91 bits per heavy atom. The summed E-state index contributed by atoms with van der Waals surface area (Å²) < 4.78 is 1.87. The summed E-state index contributed by atoms with van der Waals surface area (Å²) in [5.74, 6) is 1.42. The van der Waals surface area contributed by atoms with Crippen molar-refractivity contribution in [3.8, 4) is 5.69 Å². The molecule has 0 aliphatic heterocycles. The number of hydrogen-bond donors (Lipinski definition) is 1. The number of benzene rings is 2. The molecule has 0 unspecified atom stereocenters. The number of amides is 1. The maximum Gasteiger partial charge on any atom is 0.269 e. The van der Waals surface area contributed by atoms with Gasteiger partial charge in [0.2, 0.25) is 5.91 Å². The summed E-state index contributed by atoms with van der Waals surface area (Å²) in [6, 6.07) is 14.6. The zero-order chi connectivity index (χ0) is 23.2. The van der Waals surface area contributed by atoms with Crippen molar-refractivity contribution in [1.29, 1.82) is 0 Å². The van der Waals surface area contributed by atoms with Crippen molar-refractivity contribution in [2.45, 2.75) is 56.5 Å². The van der Waals surface area contributed by atoms with E-state index >= 15 is 0 Å². The van der Waals surface area contributed by atoms with Crippen molar-refractivity contribution in [1.82, 2.24) is 20.1 Å². The van der Waals surface area contributed by atoms with Crippen molar-refractivity contribution in [2.24, 2.45) is 5.92 Å². The Morgan fingerprint density at radius 3 is 2.61 bits per heavy atom. The second-order valence-electron chi connectivity index (χ2n) is 8.34. The molecule has 3 aromatic rings. The molecule has 0 saturated heterocycles. The first-order valence-corrected chi connectivity index (χ1v) is 12.1. The molecule has 1 aliphatic rings. The Labute approximate surface area is 197 Å². The molecule has 9 heteroatoms. The maximum atomic E-state index is 12.6. The normalized spacial score (nSPS) is 14.2. The molecular weight excluding hydrogens is 438 g/mol. The van der Waals surface area contributed by atoms with Crippen molar-refractivity contribution in [2.75, 3.05) is 0 Å². The predicted octanol–water partition coefficient (Wildman–Crippen LogP) is 4.97. The van der Waals surface area contributed by atoms with Gasteiger partial charge in [-0.3, -0.25) is 19.5 Å². The van der Waals surface area contributed by atoms with Crippen LogP contribution < -0.4 is 5.32 Å². The molecule has 0 atom stereocenters. The van der Waals surface area contributed by atoms with Crippen molar-refractivity contribution >= 4 is 23.4 Å². The Balaban J connectivity index is 1.55. The van der Waals surface area contributed by atoms with Gasteiger partial charge in [0.05, 0.1) is 11.5 Å². The first-order valence-electron chi connectivity index (χ1n) is 11.2. The number of nitro groups is 1. The minimum Gasteiger partial charge on any atom is -0.349 e. The van der Waals surface area contributed by atoms with Gasteiger partial charge < -0.3 is 5.32 Å². The number of carbonyl (C=O) groups is 1. The second-order valence-corrected chi connectivity index (χ2v) is 9.28. The third kappa shape index (κ3) is 5.78. The van der Waals surface area contributed by atoms with Gasteiger partial charge in [-0.25, -0.2) is 0 Å². The molecule has 0 bridgehead atoms. The van der Waals surface area contributed by atoms with E-state index in [1.54, 1.807) is 23.9 Å². The standard InChI is InChI=1S/C24H27N5O3S/c1-17-6-5-7-18(14-17)16-33-24-27-26-22(15-25-23(30)19-8-3-2-4-9-19)28(24)20-10-12-21(13-11-20)29(31)32/h5-7,10-14,19H,2-4,8-9,15-16H2,1H3,(H,25,30). The number of thioether (sulfide) groups is 1. The lowest BCUT2D eigenvalue weighted by atomic mass is 9.89. The Morgan fingerprint density at radius 1 is 1.15 bits per heavy atom.